The minimum Gasteiger partial charge on any atom is -0.478 e. The predicted molar refractivity (Wildman–Crippen MR) is 69.3 cm³/mol. The van der Waals surface area contributed by atoms with Gasteiger partial charge in [-0.15, -0.1) is 0 Å². The second-order valence-corrected chi connectivity index (χ2v) is 3.94. The summed E-state index contributed by atoms with van der Waals surface area (Å²) in [5, 5.41) is 10.8. The Labute approximate surface area is 113 Å². The molecule has 0 aliphatic carbocycles. The van der Waals surface area contributed by atoms with Gasteiger partial charge in [-0.25, -0.2) is 4.39 Å². The fourth-order valence-electron chi connectivity index (χ4n) is 1.59. The van der Waals surface area contributed by atoms with Crippen LogP contribution >= 0.6 is 0 Å². The summed E-state index contributed by atoms with van der Waals surface area (Å²) in [6, 6.07) is 10.8. The summed E-state index contributed by atoms with van der Waals surface area (Å²) in [5.74, 6) is -0.808. The normalized spacial score (nSPS) is 10.1. The summed E-state index contributed by atoms with van der Waals surface area (Å²) >= 11 is 0. The van der Waals surface area contributed by atoms with Crippen LogP contribution in [-0.4, -0.2) is 17.3 Å². The Kier molecular flexibility index (Phi) is 4.05. The summed E-state index contributed by atoms with van der Waals surface area (Å²) in [6.07, 6.45) is 0. The van der Waals surface area contributed by atoms with Gasteiger partial charge in [0.1, 0.15) is 5.82 Å². The van der Waals surface area contributed by atoms with Crippen LogP contribution in [0.15, 0.2) is 48.5 Å². The zero-order valence-electron chi connectivity index (χ0n) is 10.3. The van der Waals surface area contributed by atoms with Crippen LogP contribution in [-0.2, 0) is 0 Å². The lowest BCUT2D eigenvalue weighted by atomic mass is 10.1. The first-order chi connectivity index (χ1) is 9.58. The second kappa shape index (κ2) is 5.92. The third-order valence-electron chi connectivity index (χ3n) is 2.59. The van der Waals surface area contributed by atoms with Crippen LogP contribution in [0.1, 0.15) is 10.4 Å². The summed E-state index contributed by atoms with van der Waals surface area (Å²) in [5.41, 5.74) is 0.0735. The third kappa shape index (κ3) is 3.17. The summed E-state index contributed by atoms with van der Waals surface area (Å²) in [6.45, 7) is -0.351. The monoisotopic (exact) mass is 275 g/mol. The topological polar surface area (TPSA) is 69.4 Å². The minimum absolute atomic E-state index is 0.0213. The van der Waals surface area contributed by atoms with E-state index < -0.39 is 10.7 Å². The number of ketones is 1. The quantitative estimate of drug-likeness (QED) is 0.478. The molecule has 0 saturated heterocycles. The fraction of sp³-hybridized carbons (Fsp3) is 0.0714. The number of ether oxygens (including phenoxy) is 1. The molecule has 0 bridgehead atoms. The first-order valence-electron chi connectivity index (χ1n) is 5.73. The maximum Gasteiger partial charge on any atom is 0.310 e. The number of hydrogen-bond donors (Lipinski definition) is 0. The molecule has 0 spiro atoms. The molecule has 0 fully saturated rings. The molecule has 0 heterocycles. The molecular formula is C14H10FNO4. The average Bonchev–Trinajstić information content (AvgIpc) is 2.45. The Bertz CT molecular complexity index is 640. The average molecular weight is 275 g/mol. The number of nitro benzene ring substituents is 1. The number of rotatable bonds is 5. The van der Waals surface area contributed by atoms with Gasteiger partial charge in [-0.05, 0) is 30.3 Å². The van der Waals surface area contributed by atoms with Gasteiger partial charge in [0.25, 0.3) is 0 Å². The van der Waals surface area contributed by atoms with Gasteiger partial charge in [0.2, 0.25) is 0 Å². The fourth-order valence-corrected chi connectivity index (χ4v) is 1.59. The Morgan fingerprint density at radius 3 is 2.45 bits per heavy atom. The summed E-state index contributed by atoms with van der Waals surface area (Å²) in [4.78, 5) is 22.0. The van der Waals surface area contributed by atoms with Crippen molar-refractivity contribution < 1.29 is 18.8 Å². The summed E-state index contributed by atoms with van der Waals surface area (Å²) < 4.78 is 17.9. The van der Waals surface area contributed by atoms with Crippen molar-refractivity contribution in [3.63, 3.8) is 0 Å². The molecule has 0 atom stereocenters. The van der Waals surface area contributed by atoms with E-state index in [9.17, 15) is 19.3 Å². The number of carbonyl (C=O) groups excluding carboxylic acids is 1. The van der Waals surface area contributed by atoms with Crippen molar-refractivity contribution in [3.05, 3.63) is 70.0 Å². The second-order valence-electron chi connectivity index (χ2n) is 3.94. The molecule has 20 heavy (non-hydrogen) atoms. The van der Waals surface area contributed by atoms with Gasteiger partial charge in [-0.3, -0.25) is 14.9 Å². The molecule has 0 aromatic heterocycles. The highest BCUT2D eigenvalue weighted by molar-refractivity contribution is 5.97. The van der Waals surface area contributed by atoms with Crippen LogP contribution in [0.2, 0.25) is 0 Å². The van der Waals surface area contributed by atoms with Crippen molar-refractivity contribution in [2.24, 2.45) is 0 Å². The van der Waals surface area contributed by atoms with Crippen LogP contribution in [0.5, 0.6) is 5.75 Å². The highest BCUT2D eigenvalue weighted by atomic mass is 19.1. The molecule has 0 aliphatic heterocycles. The lowest BCUT2D eigenvalue weighted by Crippen LogP contribution is -2.12. The standard InChI is InChI=1S/C14H10FNO4/c15-11-7-5-10(6-8-11)13(17)9-20-14-4-2-1-3-12(14)16(18)19/h1-8H,9H2. The minimum atomic E-state index is -0.586. The Morgan fingerprint density at radius 1 is 1.15 bits per heavy atom. The molecule has 2 aromatic carbocycles. The van der Waals surface area contributed by atoms with Gasteiger partial charge < -0.3 is 4.74 Å². The number of carbonyl (C=O) groups is 1. The molecule has 0 saturated carbocycles. The lowest BCUT2D eigenvalue weighted by Gasteiger charge is -2.06. The van der Waals surface area contributed by atoms with Crippen LogP contribution in [0.3, 0.4) is 0 Å². The smallest absolute Gasteiger partial charge is 0.310 e. The number of para-hydroxylation sites is 2. The first kappa shape index (κ1) is 13.7. The van der Waals surface area contributed by atoms with E-state index in [0.717, 1.165) is 12.1 Å². The zero-order chi connectivity index (χ0) is 14.5. The van der Waals surface area contributed by atoms with Crippen molar-refractivity contribution in [3.8, 4) is 5.75 Å². The molecule has 0 radical (unpaired) electrons. The molecular weight excluding hydrogens is 265 g/mol. The molecule has 102 valence electrons. The van der Waals surface area contributed by atoms with Crippen LogP contribution in [0, 0.1) is 15.9 Å². The maximum atomic E-state index is 12.7. The first-order valence-corrected chi connectivity index (χ1v) is 5.73. The third-order valence-corrected chi connectivity index (χ3v) is 2.59. The molecule has 0 aliphatic rings. The molecule has 5 nitrogen and oxygen atoms in total. The van der Waals surface area contributed by atoms with Crippen molar-refractivity contribution >= 4 is 11.5 Å². The Balaban J connectivity index is 2.07. The highest BCUT2D eigenvalue weighted by Crippen LogP contribution is 2.25. The Hall–Kier alpha value is -2.76. The Morgan fingerprint density at radius 2 is 1.80 bits per heavy atom. The van der Waals surface area contributed by atoms with Crippen LogP contribution < -0.4 is 4.74 Å². The van der Waals surface area contributed by atoms with E-state index in [1.165, 1.54) is 30.3 Å². The van der Waals surface area contributed by atoms with Crippen LogP contribution in [0.4, 0.5) is 10.1 Å². The van der Waals surface area contributed by atoms with E-state index in [1.807, 2.05) is 0 Å². The van der Waals surface area contributed by atoms with Gasteiger partial charge >= 0.3 is 5.69 Å². The number of nitro groups is 1. The number of benzene rings is 2. The van der Waals surface area contributed by atoms with Gasteiger partial charge in [-0.2, -0.15) is 0 Å². The molecule has 0 N–H and O–H groups in total. The van der Waals surface area contributed by atoms with Crippen molar-refractivity contribution in [1.29, 1.82) is 0 Å². The van der Waals surface area contributed by atoms with E-state index in [-0.39, 0.29) is 29.4 Å². The van der Waals surface area contributed by atoms with Crippen LogP contribution in [0.25, 0.3) is 0 Å². The molecule has 0 amide bonds. The number of nitrogens with zero attached hydrogens (tertiary/aromatic N) is 1. The van der Waals surface area contributed by atoms with Gasteiger partial charge in [0.05, 0.1) is 4.92 Å². The predicted octanol–water partition coefficient (Wildman–Crippen LogP) is 3.00. The largest absolute Gasteiger partial charge is 0.478 e. The van der Waals surface area contributed by atoms with Crippen molar-refractivity contribution in [1.82, 2.24) is 0 Å². The number of halogens is 1. The number of hydrogen-bond acceptors (Lipinski definition) is 4. The molecule has 2 aromatic rings. The van der Waals surface area contributed by atoms with Gasteiger partial charge in [0.15, 0.2) is 18.1 Å². The SMILES string of the molecule is O=C(COc1ccccc1[N+](=O)[O-])c1ccc(F)cc1. The maximum absolute atomic E-state index is 12.7. The van der Waals surface area contributed by atoms with E-state index in [2.05, 4.69) is 0 Å². The van der Waals surface area contributed by atoms with Crippen molar-refractivity contribution in [2.75, 3.05) is 6.61 Å². The zero-order valence-corrected chi connectivity index (χ0v) is 10.3. The van der Waals surface area contributed by atoms with E-state index in [4.69, 9.17) is 4.74 Å². The van der Waals surface area contributed by atoms with Gasteiger partial charge in [0, 0.05) is 11.6 Å². The van der Waals surface area contributed by atoms with E-state index in [0.29, 0.717) is 0 Å². The van der Waals surface area contributed by atoms with E-state index >= 15 is 0 Å². The molecule has 2 rings (SSSR count). The highest BCUT2D eigenvalue weighted by Gasteiger charge is 2.15. The summed E-state index contributed by atoms with van der Waals surface area (Å²) in [7, 11) is 0. The molecule has 0 unspecified atom stereocenters. The van der Waals surface area contributed by atoms with Crippen molar-refractivity contribution in [2.45, 2.75) is 0 Å². The van der Waals surface area contributed by atoms with E-state index in [1.54, 1.807) is 6.07 Å². The molecule has 6 heteroatoms. The number of Topliss-reactive ketones (excluding diaryl/α,β-unsaturated/α-hetero) is 1. The van der Waals surface area contributed by atoms with Gasteiger partial charge in [-0.1, -0.05) is 12.1 Å². The lowest BCUT2D eigenvalue weighted by molar-refractivity contribution is -0.385.